The second-order valence-electron chi connectivity index (χ2n) is 12.1. The van der Waals surface area contributed by atoms with Gasteiger partial charge in [0.15, 0.2) is 0 Å². The molecule has 0 saturated carbocycles. The van der Waals surface area contributed by atoms with Gasteiger partial charge in [0.05, 0.1) is 26.2 Å². The van der Waals surface area contributed by atoms with Crippen molar-refractivity contribution in [3.63, 3.8) is 0 Å². The van der Waals surface area contributed by atoms with E-state index < -0.39 is 72.0 Å². The number of furan rings is 1. The molecule has 50 heavy (non-hydrogen) atoms. The van der Waals surface area contributed by atoms with Gasteiger partial charge in [0, 0.05) is 22.3 Å². The summed E-state index contributed by atoms with van der Waals surface area (Å²) in [5.41, 5.74) is 2.94. The SMILES string of the molecule is [2H]c1c([2H])c(N(c2ccc3ccc4ccccc4c3c2)c2ccc(-c3ccccc3)c3oc4ccccc4c23)c([2H])c([2H])c1-c1c([2H])c([2H])c([2H])c2c([2H])c([2H])c([2H])c([2H])c12. The molecule has 0 unspecified atom stereocenters. The van der Waals surface area contributed by atoms with Gasteiger partial charge in [-0.3, -0.25) is 0 Å². The maximum absolute atomic E-state index is 9.75. The second-order valence-corrected chi connectivity index (χ2v) is 12.1. The van der Waals surface area contributed by atoms with Crippen molar-refractivity contribution in [1.29, 1.82) is 0 Å². The van der Waals surface area contributed by atoms with Crippen LogP contribution < -0.4 is 4.90 Å². The summed E-state index contributed by atoms with van der Waals surface area (Å²) in [6.07, 6.45) is 0. The van der Waals surface area contributed by atoms with Gasteiger partial charge in [0.2, 0.25) is 0 Å². The summed E-state index contributed by atoms with van der Waals surface area (Å²) >= 11 is 0. The van der Waals surface area contributed by atoms with E-state index in [0.717, 1.165) is 38.1 Å². The zero-order chi connectivity index (χ0) is 42.6. The number of hydrogen-bond acceptors (Lipinski definition) is 2. The van der Waals surface area contributed by atoms with Gasteiger partial charge in [-0.05, 0) is 91.4 Å². The van der Waals surface area contributed by atoms with Crippen LogP contribution in [0.15, 0.2) is 192 Å². The highest BCUT2D eigenvalue weighted by Crippen LogP contribution is 2.47. The third-order valence-electron chi connectivity index (χ3n) is 9.22. The topological polar surface area (TPSA) is 16.4 Å². The highest BCUT2D eigenvalue weighted by atomic mass is 16.3. The molecule has 234 valence electrons. The van der Waals surface area contributed by atoms with Crippen molar-refractivity contribution in [1.82, 2.24) is 0 Å². The lowest BCUT2D eigenvalue weighted by Crippen LogP contribution is -2.10. The smallest absolute Gasteiger partial charge is 0.145 e. The van der Waals surface area contributed by atoms with Crippen molar-refractivity contribution >= 4 is 71.3 Å². The van der Waals surface area contributed by atoms with Crippen LogP contribution in [-0.4, -0.2) is 0 Å². The lowest BCUT2D eigenvalue weighted by molar-refractivity contribution is 0.670. The molecular formula is C48H31NO. The fraction of sp³-hybridized carbons (Fsp3) is 0. The minimum absolute atomic E-state index is 0.127. The Hall–Kier alpha value is -6.64. The van der Waals surface area contributed by atoms with E-state index in [1.165, 1.54) is 0 Å². The van der Waals surface area contributed by atoms with E-state index >= 15 is 0 Å². The van der Waals surface area contributed by atoms with Gasteiger partial charge in [-0.25, -0.2) is 0 Å². The highest BCUT2D eigenvalue weighted by Gasteiger charge is 2.22. The van der Waals surface area contributed by atoms with Gasteiger partial charge in [0.25, 0.3) is 0 Å². The van der Waals surface area contributed by atoms with Gasteiger partial charge >= 0.3 is 0 Å². The standard InChI is InChI=1S/C48H31NO/c1-2-11-33(12-3-1)42-29-30-45(47-43-18-8-9-20-46(43)50-48(42)47)49(38-28-25-36-22-21-34-14-5-7-17-41(34)44(36)31-38)37-26-23-35(24-27-37)40-19-10-15-32-13-4-6-16-39(32)40/h1-31H/i4D,6D,10D,13D,15D,16D,19D,23D,24D,26D,27D. The average Bonchev–Trinajstić information content (AvgIpc) is 3.68. The molecule has 0 bridgehead atoms. The first-order valence-corrected chi connectivity index (χ1v) is 16.2. The molecule has 0 saturated heterocycles. The molecule has 10 rings (SSSR count). The number of nitrogens with zero attached hydrogens (tertiary/aromatic N) is 1. The molecule has 0 atom stereocenters. The number of anilines is 3. The van der Waals surface area contributed by atoms with E-state index in [0.29, 0.717) is 27.9 Å². The van der Waals surface area contributed by atoms with Crippen molar-refractivity contribution in [2.45, 2.75) is 0 Å². The molecule has 0 amide bonds. The van der Waals surface area contributed by atoms with E-state index in [9.17, 15) is 5.48 Å². The zero-order valence-electron chi connectivity index (χ0n) is 37.4. The number of hydrogen-bond donors (Lipinski definition) is 0. The molecule has 0 aliphatic carbocycles. The summed E-state index contributed by atoms with van der Waals surface area (Å²) in [6, 6.07) is 32.3. The Morgan fingerprint density at radius 2 is 1.16 bits per heavy atom. The van der Waals surface area contributed by atoms with E-state index in [-0.39, 0.29) is 22.0 Å². The van der Waals surface area contributed by atoms with Crippen LogP contribution in [0.25, 0.3) is 76.5 Å². The minimum atomic E-state index is -0.675. The second kappa shape index (κ2) is 11.5. The summed E-state index contributed by atoms with van der Waals surface area (Å²) in [5.74, 6) is 0. The minimum Gasteiger partial charge on any atom is -0.455 e. The van der Waals surface area contributed by atoms with Crippen LogP contribution >= 0.6 is 0 Å². The van der Waals surface area contributed by atoms with Crippen LogP contribution in [0.5, 0.6) is 0 Å². The zero-order valence-corrected chi connectivity index (χ0v) is 26.4. The number of para-hydroxylation sites is 1. The summed E-state index contributed by atoms with van der Waals surface area (Å²) in [7, 11) is 0. The Morgan fingerprint density at radius 3 is 2.04 bits per heavy atom. The van der Waals surface area contributed by atoms with Crippen molar-refractivity contribution in [3.05, 3.63) is 188 Å². The number of rotatable bonds is 5. The van der Waals surface area contributed by atoms with Gasteiger partial charge in [0.1, 0.15) is 11.2 Å². The summed E-state index contributed by atoms with van der Waals surface area (Å²) in [6.45, 7) is 0. The Morgan fingerprint density at radius 1 is 0.440 bits per heavy atom. The van der Waals surface area contributed by atoms with Crippen LogP contribution in [0.2, 0.25) is 0 Å². The molecule has 2 nitrogen and oxygen atoms in total. The van der Waals surface area contributed by atoms with Crippen molar-refractivity contribution in [2.24, 2.45) is 0 Å². The highest BCUT2D eigenvalue weighted by molar-refractivity contribution is 6.17. The first-order valence-electron chi connectivity index (χ1n) is 21.7. The van der Waals surface area contributed by atoms with Crippen LogP contribution in [-0.2, 0) is 0 Å². The molecule has 0 fully saturated rings. The molecule has 1 heterocycles. The third kappa shape index (κ3) is 4.57. The lowest BCUT2D eigenvalue weighted by atomic mass is 9.97. The molecule has 9 aromatic carbocycles. The molecule has 0 aliphatic rings. The molecule has 0 aliphatic heterocycles. The Labute approximate surface area is 305 Å². The van der Waals surface area contributed by atoms with E-state index in [1.807, 2.05) is 121 Å². The predicted molar refractivity (Wildman–Crippen MR) is 212 cm³/mol. The van der Waals surface area contributed by atoms with Gasteiger partial charge < -0.3 is 9.32 Å². The quantitative estimate of drug-likeness (QED) is 0.173. The largest absolute Gasteiger partial charge is 0.455 e. The van der Waals surface area contributed by atoms with Crippen LogP contribution in [0.3, 0.4) is 0 Å². The Bertz CT molecular complexity index is 3470. The van der Waals surface area contributed by atoms with E-state index in [2.05, 4.69) is 0 Å². The molecule has 0 radical (unpaired) electrons. The lowest BCUT2D eigenvalue weighted by Gasteiger charge is -2.27. The molecular weight excluding hydrogens is 607 g/mol. The summed E-state index contributed by atoms with van der Waals surface area (Å²) in [5, 5.41) is 4.55. The normalized spacial score (nSPS) is 14.7. The van der Waals surface area contributed by atoms with Crippen molar-refractivity contribution < 1.29 is 19.5 Å². The maximum atomic E-state index is 9.75. The molecule has 1 aromatic heterocycles. The van der Waals surface area contributed by atoms with Gasteiger partial charge in [-0.2, -0.15) is 0 Å². The summed E-state index contributed by atoms with van der Waals surface area (Å²) in [4.78, 5) is 1.69. The molecule has 10 aromatic rings. The van der Waals surface area contributed by atoms with Crippen molar-refractivity contribution in [3.8, 4) is 22.3 Å². The van der Waals surface area contributed by atoms with Crippen molar-refractivity contribution in [2.75, 3.05) is 4.90 Å². The van der Waals surface area contributed by atoms with Gasteiger partial charge in [-0.15, -0.1) is 0 Å². The Balaban J connectivity index is 1.33. The summed E-state index contributed by atoms with van der Waals surface area (Å²) < 4.78 is 106. The van der Waals surface area contributed by atoms with E-state index in [4.69, 9.17) is 14.0 Å². The average molecular weight is 649 g/mol. The predicted octanol–water partition coefficient (Wildman–Crippen LogP) is 13.8. The molecule has 2 heteroatoms. The van der Waals surface area contributed by atoms with Crippen LogP contribution in [0.1, 0.15) is 15.1 Å². The monoisotopic (exact) mass is 648 g/mol. The van der Waals surface area contributed by atoms with Gasteiger partial charge in [-0.1, -0.05) is 145 Å². The number of benzene rings is 9. The van der Waals surface area contributed by atoms with Crippen LogP contribution in [0, 0.1) is 0 Å². The first-order chi connectivity index (χ1) is 29.4. The third-order valence-corrected chi connectivity index (χ3v) is 9.22. The molecule has 0 spiro atoms. The number of fused-ring (bicyclic) bond motifs is 7. The maximum Gasteiger partial charge on any atom is 0.145 e. The first kappa shape index (κ1) is 19.4. The fourth-order valence-electron chi connectivity index (χ4n) is 6.90. The molecule has 0 N–H and O–H groups in total. The Kier molecular flexibility index (Phi) is 4.46. The van der Waals surface area contributed by atoms with E-state index in [1.54, 1.807) is 4.90 Å². The fourth-order valence-corrected chi connectivity index (χ4v) is 6.90. The van der Waals surface area contributed by atoms with Crippen LogP contribution in [0.4, 0.5) is 17.1 Å².